The zero-order valence-corrected chi connectivity index (χ0v) is 23.9. The van der Waals surface area contributed by atoms with Gasteiger partial charge >= 0.3 is 0 Å². The van der Waals surface area contributed by atoms with Gasteiger partial charge in [0.05, 0.1) is 29.0 Å². The number of hydrogen-bond donors (Lipinski definition) is 0. The Morgan fingerprint density at radius 2 is 1.56 bits per heavy atom. The Labute approximate surface area is 235 Å². The average molecular weight is 613 g/mol. The first-order valence-electron chi connectivity index (χ1n) is 12.4. The summed E-state index contributed by atoms with van der Waals surface area (Å²) in [6.07, 6.45) is 0. The van der Waals surface area contributed by atoms with Crippen LogP contribution in [0.5, 0.6) is 5.75 Å². The third-order valence-electron chi connectivity index (χ3n) is 6.93. The minimum absolute atomic E-state index is 0.183. The van der Waals surface area contributed by atoms with E-state index in [2.05, 4.69) is 15.9 Å². The molecular weight excluding hydrogens is 585 g/mol. The average Bonchev–Trinajstić information content (AvgIpc) is 3.29. The summed E-state index contributed by atoms with van der Waals surface area (Å²) in [6.45, 7) is 2.65. The van der Waals surface area contributed by atoms with Crippen molar-refractivity contribution in [1.29, 1.82) is 0 Å². The normalized spacial score (nSPS) is 14.4. The maximum absolute atomic E-state index is 15.0. The lowest BCUT2D eigenvalue weighted by Gasteiger charge is -2.34. The second kappa shape index (κ2) is 11.0. The zero-order valence-electron chi connectivity index (χ0n) is 21.5. The molecule has 5 rings (SSSR count). The van der Waals surface area contributed by atoms with Crippen molar-refractivity contribution in [3.05, 3.63) is 100 Å². The number of methoxy groups -OCH3 is 1. The van der Waals surface area contributed by atoms with Crippen molar-refractivity contribution >= 4 is 31.9 Å². The topological polar surface area (TPSA) is 71.8 Å². The Morgan fingerprint density at radius 1 is 0.923 bits per heavy atom. The van der Waals surface area contributed by atoms with Gasteiger partial charge in [-0.25, -0.2) is 12.8 Å². The van der Waals surface area contributed by atoms with E-state index in [1.54, 1.807) is 72.0 Å². The molecule has 0 bridgehead atoms. The van der Waals surface area contributed by atoms with Gasteiger partial charge in [-0.05, 0) is 79.2 Å². The van der Waals surface area contributed by atoms with E-state index in [9.17, 15) is 17.6 Å². The molecule has 0 radical (unpaired) electrons. The second-order valence-electron chi connectivity index (χ2n) is 9.19. The number of piperazine rings is 1. The summed E-state index contributed by atoms with van der Waals surface area (Å²) in [5.41, 5.74) is 2.84. The fraction of sp³-hybridized carbons (Fsp3) is 0.207. The summed E-state index contributed by atoms with van der Waals surface area (Å²) in [7, 11) is -2.08. The molecule has 3 aromatic carbocycles. The Bertz CT molecular complexity index is 1610. The largest absolute Gasteiger partial charge is 0.497 e. The predicted molar refractivity (Wildman–Crippen MR) is 151 cm³/mol. The van der Waals surface area contributed by atoms with E-state index < -0.39 is 15.8 Å². The second-order valence-corrected chi connectivity index (χ2v) is 12.0. The summed E-state index contributed by atoms with van der Waals surface area (Å²) in [6, 6.07) is 22.1. The van der Waals surface area contributed by atoms with Crippen LogP contribution in [0.3, 0.4) is 0 Å². The highest BCUT2D eigenvalue weighted by Crippen LogP contribution is 2.32. The summed E-state index contributed by atoms with van der Waals surface area (Å²) in [5, 5.41) is 0. The Balaban J connectivity index is 1.44. The molecule has 10 heteroatoms. The van der Waals surface area contributed by atoms with Gasteiger partial charge in [-0.15, -0.1) is 0 Å². The van der Waals surface area contributed by atoms with Crippen LogP contribution in [0, 0.1) is 12.7 Å². The molecule has 2 heterocycles. The number of aromatic nitrogens is 1. The van der Waals surface area contributed by atoms with E-state index >= 15 is 0 Å². The standard InChI is InChI=1S/C29H27BrFN3O4S/c1-20-25(29(35)32-15-17-33(18-16-32)39(36,37)24-13-9-22(30)10-14-24)19-28(21-7-11-23(38-2)12-8-21)34(20)27-6-4-3-5-26(27)31/h3-14,19H,15-18H2,1-2H3. The van der Waals surface area contributed by atoms with Gasteiger partial charge in [0.2, 0.25) is 10.0 Å². The SMILES string of the molecule is COc1ccc(-c2cc(C(=O)N3CCN(S(=O)(=O)c4ccc(Br)cc4)CC3)c(C)n2-c2ccccc2F)cc1. The fourth-order valence-electron chi connectivity index (χ4n) is 4.80. The Kier molecular flexibility index (Phi) is 7.61. The molecule has 0 atom stereocenters. The number of carbonyl (C=O) groups excluding carboxylic acids is 1. The van der Waals surface area contributed by atoms with Gasteiger partial charge < -0.3 is 14.2 Å². The lowest BCUT2D eigenvalue weighted by molar-refractivity contribution is 0.0697. The molecule has 1 aliphatic rings. The number of rotatable bonds is 6. The van der Waals surface area contributed by atoms with Gasteiger partial charge in [-0.3, -0.25) is 4.79 Å². The molecule has 4 aromatic rings. The highest BCUT2D eigenvalue weighted by Gasteiger charge is 2.32. The maximum atomic E-state index is 15.0. The first-order chi connectivity index (χ1) is 18.7. The molecule has 1 fully saturated rings. The highest BCUT2D eigenvalue weighted by atomic mass is 79.9. The van der Waals surface area contributed by atoms with E-state index in [1.807, 2.05) is 24.3 Å². The molecule has 0 unspecified atom stereocenters. The first kappa shape index (κ1) is 27.1. The minimum atomic E-state index is -3.67. The molecule has 39 heavy (non-hydrogen) atoms. The number of ether oxygens (including phenoxy) is 1. The lowest BCUT2D eigenvalue weighted by atomic mass is 10.1. The van der Waals surface area contributed by atoms with Crippen LogP contribution in [0.2, 0.25) is 0 Å². The molecule has 0 saturated carbocycles. The number of sulfonamides is 1. The van der Waals surface area contributed by atoms with Gasteiger partial charge in [0, 0.05) is 36.3 Å². The first-order valence-corrected chi connectivity index (χ1v) is 14.6. The third-order valence-corrected chi connectivity index (χ3v) is 9.38. The number of hydrogen-bond acceptors (Lipinski definition) is 4. The molecule has 0 aliphatic carbocycles. The minimum Gasteiger partial charge on any atom is -0.497 e. The van der Waals surface area contributed by atoms with Crippen molar-refractivity contribution in [1.82, 2.24) is 13.8 Å². The molecule has 1 saturated heterocycles. The molecule has 7 nitrogen and oxygen atoms in total. The van der Waals surface area contributed by atoms with Gasteiger partial charge in [0.15, 0.2) is 0 Å². The summed E-state index contributed by atoms with van der Waals surface area (Å²) < 4.78 is 50.4. The van der Waals surface area contributed by atoms with Crippen molar-refractivity contribution < 1.29 is 22.3 Å². The third kappa shape index (κ3) is 5.24. The van der Waals surface area contributed by atoms with E-state index in [0.717, 1.165) is 10.0 Å². The van der Waals surface area contributed by atoms with Crippen LogP contribution in [0.1, 0.15) is 16.1 Å². The van der Waals surface area contributed by atoms with Crippen LogP contribution in [0.15, 0.2) is 88.2 Å². The lowest BCUT2D eigenvalue weighted by Crippen LogP contribution is -2.50. The number of halogens is 2. The molecule has 202 valence electrons. The van der Waals surface area contributed by atoms with Crippen LogP contribution in [0.4, 0.5) is 4.39 Å². The van der Waals surface area contributed by atoms with E-state index in [1.165, 1.54) is 10.4 Å². The summed E-state index contributed by atoms with van der Waals surface area (Å²) in [5.74, 6) is 0.0569. The van der Waals surface area contributed by atoms with Crippen LogP contribution in [0.25, 0.3) is 16.9 Å². The van der Waals surface area contributed by atoms with Crippen LogP contribution >= 0.6 is 15.9 Å². The van der Waals surface area contributed by atoms with Crippen molar-refractivity contribution in [3.8, 4) is 22.7 Å². The Morgan fingerprint density at radius 3 is 2.18 bits per heavy atom. The summed E-state index contributed by atoms with van der Waals surface area (Å²) in [4.78, 5) is 15.6. The number of carbonyl (C=O) groups is 1. The van der Waals surface area contributed by atoms with Gasteiger partial charge in [0.25, 0.3) is 5.91 Å². The van der Waals surface area contributed by atoms with E-state index in [4.69, 9.17) is 4.74 Å². The number of nitrogens with zero attached hydrogens (tertiary/aromatic N) is 3. The quantitative estimate of drug-likeness (QED) is 0.288. The van der Waals surface area contributed by atoms with Crippen molar-refractivity contribution in [2.75, 3.05) is 33.3 Å². The van der Waals surface area contributed by atoms with Gasteiger partial charge in [-0.1, -0.05) is 28.1 Å². The van der Waals surface area contributed by atoms with E-state index in [-0.39, 0.29) is 37.0 Å². The van der Waals surface area contributed by atoms with Gasteiger partial charge in [0.1, 0.15) is 11.6 Å². The molecule has 1 aromatic heterocycles. The zero-order chi connectivity index (χ0) is 27.7. The molecule has 1 aliphatic heterocycles. The predicted octanol–water partition coefficient (Wildman–Crippen LogP) is 5.51. The van der Waals surface area contributed by atoms with E-state index in [0.29, 0.717) is 28.4 Å². The smallest absolute Gasteiger partial charge is 0.255 e. The van der Waals surface area contributed by atoms with Crippen LogP contribution < -0.4 is 4.74 Å². The molecular formula is C29H27BrFN3O4S. The summed E-state index contributed by atoms with van der Waals surface area (Å²) >= 11 is 3.33. The van der Waals surface area contributed by atoms with Crippen molar-refractivity contribution in [2.45, 2.75) is 11.8 Å². The van der Waals surface area contributed by atoms with Gasteiger partial charge in [-0.2, -0.15) is 4.31 Å². The van der Waals surface area contributed by atoms with Crippen molar-refractivity contribution in [2.24, 2.45) is 0 Å². The fourth-order valence-corrected chi connectivity index (χ4v) is 6.49. The number of amides is 1. The number of para-hydroxylation sites is 1. The molecule has 1 amide bonds. The monoisotopic (exact) mass is 611 g/mol. The molecule has 0 spiro atoms. The Hall–Kier alpha value is -3.47. The molecule has 0 N–H and O–H groups in total. The highest BCUT2D eigenvalue weighted by molar-refractivity contribution is 9.10. The van der Waals surface area contributed by atoms with Crippen LogP contribution in [-0.4, -0.2) is 61.4 Å². The van der Waals surface area contributed by atoms with Crippen molar-refractivity contribution in [3.63, 3.8) is 0 Å². The maximum Gasteiger partial charge on any atom is 0.255 e. The van der Waals surface area contributed by atoms with Crippen LogP contribution in [-0.2, 0) is 10.0 Å². The number of benzene rings is 3.